The summed E-state index contributed by atoms with van der Waals surface area (Å²) in [4.78, 5) is 26.1. The molecular weight excluding hydrogens is 689 g/mol. The van der Waals surface area contributed by atoms with Crippen molar-refractivity contribution in [3.8, 4) is 0 Å². The van der Waals surface area contributed by atoms with Crippen LogP contribution >= 0.6 is 22.6 Å². The number of fused-ring (bicyclic) bond motifs is 1. The second kappa shape index (κ2) is 15.2. The Kier molecular flexibility index (Phi) is 11.2. The van der Waals surface area contributed by atoms with Crippen molar-refractivity contribution < 1.29 is 28.5 Å². The number of nitrogens with one attached hydrogen (secondary N) is 1. The zero-order chi connectivity index (χ0) is 31.8. The summed E-state index contributed by atoms with van der Waals surface area (Å²) in [5.41, 5.74) is 3.59. The third kappa shape index (κ3) is 9.07. The molecule has 3 atom stereocenters. The quantitative estimate of drug-likeness (QED) is 0.0532. The van der Waals surface area contributed by atoms with Crippen LogP contribution in [0, 0.1) is 9.62 Å². The van der Waals surface area contributed by atoms with Crippen molar-refractivity contribution in [2.75, 3.05) is 25.5 Å². The van der Waals surface area contributed by atoms with Gasteiger partial charge in [-0.05, 0) is 66.5 Å². The zero-order valence-corrected chi connectivity index (χ0v) is 27.8. The molecule has 0 saturated heterocycles. The molecule has 5 rings (SSSR count). The lowest BCUT2D eigenvalue weighted by molar-refractivity contribution is -0.122. The van der Waals surface area contributed by atoms with Crippen LogP contribution in [0.3, 0.4) is 0 Å². The van der Waals surface area contributed by atoms with Crippen molar-refractivity contribution in [3.05, 3.63) is 94.0 Å². The van der Waals surface area contributed by atoms with Crippen LogP contribution in [0.4, 0.5) is 10.7 Å². The van der Waals surface area contributed by atoms with Crippen molar-refractivity contribution in [1.29, 1.82) is 0 Å². The SMILES string of the molecule is C=C1[C@H](COCOCc2ccccc2)[C@@H](OCOCc2ccccc2)C[C@@H]1n1cnc2c(I)nc(NC(=O)OC(C)(C)C)nc21. The van der Waals surface area contributed by atoms with Gasteiger partial charge in [0.25, 0.3) is 0 Å². The van der Waals surface area contributed by atoms with Gasteiger partial charge in [-0.1, -0.05) is 67.2 Å². The number of amides is 1. The summed E-state index contributed by atoms with van der Waals surface area (Å²) in [6, 6.07) is 19.7. The molecule has 11 nitrogen and oxygen atoms in total. The molecule has 1 N–H and O–H groups in total. The highest BCUT2D eigenvalue weighted by molar-refractivity contribution is 14.1. The molecule has 2 aromatic carbocycles. The Morgan fingerprint density at radius 2 is 1.62 bits per heavy atom. The highest BCUT2D eigenvalue weighted by Crippen LogP contribution is 2.42. The van der Waals surface area contributed by atoms with E-state index in [0.717, 1.165) is 16.7 Å². The first kappa shape index (κ1) is 32.9. The summed E-state index contributed by atoms with van der Waals surface area (Å²) < 4.78 is 31.8. The first-order valence-electron chi connectivity index (χ1n) is 14.7. The van der Waals surface area contributed by atoms with Gasteiger partial charge in [0.15, 0.2) is 5.65 Å². The van der Waals surface area contributed by atoms with Crippen molar-refractivity contribution >= 4 is 45.8 Å². The summed E-state index contributed by atoms with van der Waals surface area (Å²) in [5.74, 6) is -0.00237. The van der Waals surface area contributed by atoms with Crippen molar-refractivity contribution in [2.24, 2.45) is 5.92 Å². The summed E-state index contributed by atoms with van der Waals surface area (Å²) in [5, 5.41) is 2.64. The molecule has 45 heavy (non-hydrogen) atoms. The van der Waals surface area contributed by atoms with Gasteiger partial charge in [0.2, 0.25) is 5.95 Å². The molecule has 0 spiro atoms. The number of hydrogen-bond acceptors (Lipinski definition) is 9. The number of carbonyl (C=O) groups is 1. The topological polar surface area (TPSA) is 119 Å². The van der Waals surface area contributed by atoms with E-state index in [0.29, 0.717) is 41.1 Å². The van der Waals surface area contributed by atoms with Crippen LogP contribution in [-0.4, -0.2) is 57.5 Å². The molecule has 2 aromatic heterocycles. The first-order chi connectivity index (χ1) is 21.7. The van der Waals surface area contributed by atoms with Crippen LogP contribution in [0.5, 0.6) is 0 Å². The minimum Gasteiger partial charge on any atom is -0.444 e. The fraction of sp³-hybridized carbons (Fsp3) is 0.394. The number of carbonyl (C=O) groups excluding carboxylic acids is 1. The second-order valence-corrected chi connectivity index (χ2v) is 12.7. The fourth-order valence-corrected chi connectivity index (χ4v) is 5.72. The molecule has 0 radical (unpaired) electrons. The molecule has 4 aromatic rings. The number of imidazole rings is 1. The molecule has 1 fully saturated rings. The van der Waals surface area contributed by atoms with Gasteiger partial charge in [-0.3, -0.25) is 5.32 Å². The average Bonchev–Trinajstić information content (AvgIpc) is 3.56. The molecule has 1 saturated carbocycles. The normalized spacial score (nSPS) is 18.4. The van der Waals surface area contributed by atoms with Gasteiger partial charge < -0.3 is 28.3 Å². The Hall–Kier alpha value is -3.43. The highest BCUT2D eigenvalue weighted by atomic mass is 127. The molecule has 1 amide bonds. The molecule has 0 bridgehead atoms. The van der Waals surface area contributed by atoms with Crippen LogP contribution in [0.2, 0.25) is 0 Å². The van der Waals surface area contributed by atoms with E-state index >= 15 is 0 Å². The first-order valence-corrected chi connectivity index (χ1v) is 15.8. The van der Waals surface area contributed by atoms with Gasteiger partial charge >= 0.3 is 6.09 Å². The Morgan fingerprint density at radius 1 is 0.978 bits per heavy atom. The minimum atomic E-state index is -0.659. The van der Waals surface area contributed by atoms with E-state index in [1.165, 1.54) is 0 Å². The number of rotatable bonds is 13. The molecule has 0 aliphatic heterocycles. The zero-order valence-electron chi connectivity index (χ0n) is 25.6. The number of halogens is 1. The second-order valence-electron chi connectivity index (χ2n) is 11.7. The standard InChI is InChI=1S/C33H38IN5O6/c1-22-25(18-43-20-41-16-23-11-7-5-8-12-23)27(44-21-42-17-24-13-9-6-10-14-24)15-26(22)39-19-35-28-29(34)36-31(37-30(28)39)38-32(40)45-33(2,3)4/h5-14,19,25-27H,1,15-18,20-21H2,2-4H3,(H,36,37,38,40)/t25-,26-,27-/m0/s1. The maximum absolute atomic E-state index is 12.4. The summed E-state index contributed by atoms with van der Waals surface area (Å²) in [6.45, 7) is 11.4. The van der Waals surface area contributed by atoms with Crippen molar-refractivity contribution in [3.63, 3.8) is 0 Å². The smallest absolute Gasteiger partial charge is 0.414 e. The molecule has 238 valence electrons. The van der Waals surface area contributed by atoms with E-state index in [9.17, 15) is 4.79 Å². The van der Waals surface area contributed by atoms with E-state index in [1.54, 1.807) is 27.1 Å². The van der Waals surface area contributed by atoms with Gasteiger partial charge in [0.1, 0.15) is 28.4 Å². The maximum Gasteiger partial charge on any atom is 0.414 e. The molecule has 0 unspecified atom stereocenters. The van der Waals surface area contributed by atoms with Crippen LogP contribution in [0.1, 0.15) is 44.4 Å². The molecule has 1 aliphatic rings. The Balaban J connectivity index is 1.28. The van der Waals surface area contributed by atoms with Crippen molar-refractivity contribution in [1.82, 2.24) is 19.5 Å². The third-order valence-corrected chi connectivity index (χ3v) is 7.94. The van der Waals surface area contributed by atoms with Crippen LogP contribution in [-0.2, 0) is 36.9 Å². The number of nitrogens with zero attached hydrogens (tertiary/aromatic N) is 4. The Labute approximate surface area is 276 Å². The molecule has 12 heteroatoms. The Morgan fingerprint density at radius 3 is 2.27 bits per heavy atom. The molecular formula is C33H38IN5O6. The predicted molar refractivity (Wildman–Crippen MR) is 177 cm³/mol. The van der Waals surface area contributed by atoms with Crippen LogP contribution < -0.4 is 5.32 Å². The van der Waals surface area contributed by atoms with E-state index in [1.807, 2.05) is 65.2 Å². The predicted octanol–water partition coefficient (Wildman–Crippen LogP) is 6.65. The van der Waals surface area contributed by atoms with Gasteiger partial charge in [0, 0.05) is 5.92 Å². The van der Waals surface area contributed by atoms with Crippen LogP contribution in [0.15, 0.2) is 79.1 Å². The number of hydrogen-bond donors (Lipinski definition) is 1. The van der Waals surface area contributed by atoms with Gasteiger partial charge in [-0.25, -0.2) is 14.8 Å². The van der Waals surface area contributed by atoms with Crippen molar-refractivity contribution in [2.45, 2.75) is 58.2 Å². The minimum absolute atomic E-state index is 0.120. The largest absolute Gasteiger partial charge is 0.444 e. The van der Waals surface area contributed by atoms with Crippen LogP contribution in [0.25, 0.3) is 11.2 Å². The lowest BCUT2D eigenvalue weighted by Crippen LogP contribution is -2.28. The molecule has 1 aliphatic carbocycles. The Bertz CT molecular complexity index is 1580. The summed E-state index contributed by atoms with van der Waals surface area (Å²) in [7, 11) is 0. The number of anilines is 1. The monoisotopic (exact) mass is 727 g/mol. The average molecular weight is 728 g/mol. The summed E-state index contributed by atoms with van der Waals surface area (Å²) in [6.07, 6.45) is 1.46. The lowest BCUT2D eigenvalue weighted by atomic mass is 10.0. The lowest BCUT2D eigenvalue weighted by Gasteiger charge is -2.21. The molecule has 2 heterocycles. The summed E-state index contributed by atoms with van der Waals surface area (Å²) >= 11 is 2.09. The van der Waals surface area contributed by atoms with E-state index in [2.05, 4.69) is 49.4 Å². The highest BCUT2D eigenvalue weighted by Gasteiger charge is 2.40. The number of benzene rings is 2. The van der Waals surface area contributed by atoms with E-state index < -0.39 is 11.7 Å². The third-order valence-electron chi connectivity index (χ3n) is 7.19. The van der Waals surface area contributed by atoms with E-state index in [-0.39, 0.29) is 37.6 Å². The van der Waals surface area contributed by atoms with Gasteiger partial charge in [-0.15, -0.1) is 0 Å². The van der Waals surface area contributed by atoms with Gasteiger partial charge in [-0.2, -0.15) is 4.98 Å². The van der Waals surface area contributed by atoms with Gasteiger partial charge in [0.05, 0.1) is 38.3 Å². The number of ether oxygens (including phenoxy) is 5. The number of aromatic nitrogens is 4. The van der Waals surface area contributed by atoms with E-state index in [4.69, 9.17) is 23.7 Å². The maximum atomic E-state index is 12.4. The fourth-order valence-electron chi connectivity index (χ4n) is 5.11.